The number of nitrogens with zero attached hydrogens (tertiary/aromatic N) is 1. The number of aryl methyl sites for hydroxylation is 1. The van der Waals surface area contributed by atoms with Gasteiger partial charge in [-0.15, -0.1) is 0 Å². The average molecular weight is 267 g/mol. The second kappa shape index (κ2) is 8.25. The maximum Gasteiger partial charge on any atom is 0.123 e. The minimum atomic E-state index is -0.204. The van der Waals surface area contributed by atoms with Gasteiger partial charge in [0.1, 0.15) is 5.82 Å². The number of nitrogens with two attached hydrogens (primary N) is 1. The Balaban J connectivity index is 2.60. The molecule has 0 aliphatic heterocycles. The van der Waals surface area contributed by atoms with E-state index in [4.69, 9.17) is 5.73 Å². The lowest BCUT2D eigenvalue weighted by Crippen LogP contribution is -2.36. The molecule has 19 heavy (non-hydrogen) atoms. The molecule has 0 saturated carbocycles. The highest BCUT2D eigenvalue weighted by Crippen LogP contribution is 2.18. The summed E-state index contributed by atoms with van der Waals surface area (Å²) < 4.78 is 13.3. The van der Waals surface area contributed by atoms with E-state index in [-0.39, 0.29) is 11.9 Å². The van der Waals surface area contributed by atoms with Crippen LogP contribution in [-0.4, -0.2) is 37.6 Å². The van der Waals surface area contributed by atoms with Crippen LogP contribution >= 0.6 is 0 Å². The Bertz CT molecular complexity index is 378. The van der Waals surface area contributed by atoms with Gasteiger partial charge in [-0.2, -0.15) is 0 Å². The van der Waals surface area contributed by atoms with Gasteiger partial charge in [0.25, 0.3) is 0 Å². The molecule has 0 saturated heterocycles. The largest absolute Gasteiger partial charge is 0.329 e. The molecule has 0 radical (unpaired) electrons. The maximum atomic E-state index is 13.3. The van der Waals surface area contributed by atoms with Crippen molar-refractivity contribution in [3.63, 3.8) is 0 Å². The van der Waals surface area contributed by atoms with E-state index in [0.717, 1.165) is 37.3 Å². The van der Waals surface area contributed by atoms with E-state index in [1.807, 2.05) is 6.92 Å². The van der Waals surface area contributed by atoms with Gasteiger partial charge in [0, 0.05) is 25.7 Å². The number of likely N-dealkylation sites (N-methyl/N-ethyl adjacent to an activating group) is 1. The second-order valence-corrected chi connectivity index (χ2v) is 4.77. The molecule has 1 unspecified atom stereocenters. The van der Waals surface area contributed by atoms with Gasteiger partial charge in [-0.25, -0.2) is 4.39 Å². The average Bonchev–Trinajstić information content (AvgIpc) is 2.42. The lowest BCUT2D eigenvalue weighted by molar-refractivity contribution is 0.296. The van der Waals surface area contributed by atoms with E-state index in [0.29, 0.717) is 6.54 Å². The van der Waals surface area contributed by atoms with Gasteiger partial charge in [0.2, 0.25) is 0 Å². The molecule has 0 fully saturated rings. The summed E-state index contributed by atoms with van der Waals surface area (Å²) in [5.41, 5.74) is 7.84. The van der Waals surface area contributed by atoms with Crippen LogP contribution < -0.4 is 11.1 Å². The molecule has 3 N–H and O–H groups in total. The van der Waals surface area contributed by atoms with Crippen molar-refractivity contribution in [1.29, 1.82) is 0 Å². The summed E-state index contributed by atoms with van der Waals surface area (Å²) >= 11 is 0. The van der Waals surface area contributed by atoms with Gasteiger partial charge in [-0.3, -0.25) is 0 Å². The molecular formula is C15H26FN3. The molecule has 0 spiro atoms. The predicted molar refractivity (Wildman–Crippen MR) is 78.7 cm³/mol. The Morgan fingerprint density at radius 1 is 1.32 bits per heavy atom. The van der Waals surface area contributed by atoms with Gasteiger partial charge in [-0.05, 0) is 43.3 Å². The van der Waals surface area contributed by atoms with Crippen LogP contribution in [0, 0.1) is 12.7 Å². The summed E-state index contributed by atoms with van der Waals surface area (Å²) in [6.45, 7) is 10.7. The van der Waals surface area contributed by atoms with E-state index in [2.05, 4.69) is 24.1 Å². The zero-order chi connectivity index (χ0) is 14.3. The Kier molecular flexibility index (Phi) is 6.99. The van der Waals surface area contributed by atoms with Gasteiger partial charge in [0.05, 0.1) is 0 Å². The van der Waals surface area contributed by atoms with Crippen LogP contribution in [0.4, 0.5) is 4.39 Å². The minimum Gasteiger partial charge on any atom is -0.329 e. The van der Waals surface area contributed by atoms with E-state index in [9.17, 15) is 4.39 Å². The standard InChI is InChI=1S/C15H26FN3/c1-4-19(5-2)9-8-18-15(11-17)14-10-13(16)7-6-12(14)3/h6-7,10,15,18H,4-5,8-9,11,17H2,1-3H3. The smallest absolute Gasteiger partial charge is 0.123 e. The van der Waals surface area contributed by atoms with E-state index in [1.54, 1.807) is 12.1 Å². The molecule has 0 aliphatic rings. The molecule has 4 heteroatoms. The predicted octanol–water partition coefficient (Wildman–Crippen LogP) is 2.07. The molecule has 1 aromatic rings. The molecular weight excluding hydrogens is 241 g/mol. The van der Waals surface area contributed by atoms with Crippen LogP contribution in [0.1, 0.15) is 31.0 Å². The molecule has 1 aromatic carbocycles. The number of nitrogens with one attached hydrogen (secondary N) is 1. The topological polar surface area (TPSA) is 41.3 Å². The highest BCUT2D eigenvalue weighted by atomic mass is 19.1. The first-order chi connectivity index (χ1) is 9.12. The highest BCUT2D eigenvalue weighted by molar-refractivity contribution is 5.29. The molecule has 0 bridgehead atoms. The molecule has 0 aromatic heterocycles. The summed E-state index contributed by atoms with van der Waals surface area (Å²) in [6, 6.07) is 4.89. The van der Waals surface area contributed by atoms with Crippen molar-refractivity contribution in [3.8, 4) is 0 Å². The fourth-order valence-electron chi connectivity index (χ4n) is 2.24. The lowest BCUT2D eigenvalue weighted by atomic mass is 10.0. The monoisotopic (exact) mass is 267 g/mol. The molecule has 0 aliphatic carbocycles. The number of halogens is 1. The Morgan fingerprint density at radius 2 is 2.00 bits per heavy atom. The minimum absolute atomic E-state index is 0.0197. The zero-order valence-corrected chi connectivity index (χ0v) is 12.2. The number of rotatable bonds is 8. The Labute approximate surface area is 116 Å². The number of hydrogen-bond donors (Lipinski definition) is 2. The normalized spacial score (nSPS) is 12.9. The van der Waals surface area contributed by atoms with Crippen LogP contribution in [0.15, 0.2) is 18.2 Å². The van der Waals surface area contributed by atoms with Crippen LogP contribution in [0.25, 0.3) is 0 Å². The Morgan fingerprint density at radius 3 is 2.58 bits per heavy atom. The van der Waals surface area contributed by atoms with E-state index >= 15 is 0 Å². The van der Waals surface area contributed by atoms with Crippen molar-refractivity contribution in [2.45, 2.75) is 26.8 Å². The first-order valence-corrected chi connectivity index (χ1v) is 7.04. The van der Waals surface area contributed by atoms with Crippen molar-refractivity contribution in [1.82, 2.24) is 10.2 Å². The fourth-order valence-corrected chi connectivity index (χ4v) is 2.24. The summed E-state index contributed by atoms with van der Waals surface area (Å²) in [6.07, 6.45) is 0. The number of benzene rings is 1. The van der Waals surface area contributed by atoms with Gasteiger partial charge in [-0.1, -0.05) is 19.9 Å². The first kappa shape index (κ1) is 16.1. The summed E-state index contributed by atoms with van der Waals surface area (Å²) in [4.78, 5) is 2.35. The van der Waals surface area contributed by atoms with Crippen molar-refractivity contribution in [2.75, 3.05) is 32.7 Å². The third kappa shape index (κ3) is 4.90. The van der Waals surface area contributed by atoms with Gasteiger partial charge >= 0.3 is 0 Å². The molecule has 0 heterocycles. The van der Waals surface area contributed by atoms with Crippen LogP contribution in [0.5, 0.6) is 0 Å². The van der Waals surface area contributed by atoms with Gasteiger partial charge < -0.3 is 16.0 Å². The molecule has 108 valence electrons. The second-order valence-electron chi connectivity index (χ2n) is 4.77. The SMILES string of the molecule is CCN(CC)CCNC(CN)c1cc(F)ccc1C. The van der Waals surface area contributed by atoms with Crippen LogP contribution in [0.2, 0.25) is 0 Å². The quantitative estimate of drug-likeness (QED) is 0.757. The van der Waals surface area contributed by atoms with Crippen molar-refractivity contribution >= 4 is 0 Å². The zero-order valence-electron chi connectivity index (χ0n) is 12.2. The Hall–Kier alpha value is -0.970. The third-order valence-corrected chi connectivity index (χ3v) is 3.57. The van der Waals surface area contributed by atoms with Gasteiger partial charge in [0.15, 0.2) is 0 Å². The summed E-state index contributed by atoms with van der Waals surface area (Å²) in [7, 11) is 0. The highest BCUT2D eigenvalue weighted by Gasteiger charge is 2.12. The maximum absolute atomic E-state index is 13.3. The van der Waals surface area contributed by atoms with Crippen molar-refractivity contribution < 1.29 is 4.39 Å². The number of hydrogen-bond acceptors (Lipinski definition) is 3. The molecule has 3 nitrogen and oxygen atoms in total. The molecule has 1 rings (SSSR count). The third-order valence-electron chi connectivity index (χ3n) is 3.57. The van der Waals surface area contributed by atoms with E-state index in [1.165, 1.54) is 6.07 Å². The molecule has 1 atom stereocenters. The first-order valence-electron chi connectivity index (χ1n) is 7.04. The van der Waals surface area contributed by atoms with E-state index < -0.39 is 0 Å². The van der Waals surface area contributed by atoms with Crippen molar-refractivity contribution in [3.05, 3.63) is 35.1 Å². The summed E-state index contributed by atoms with van der Waals surface area (Å²) in [5, 5.41) is 3.42. The lowest BCUT2D eigenvalue weighted by Gasteiger charge is -2.23. The summed E-state index contributed by atoms with van der Waals surface area (Å²) in [5.74, 6) is -0.204. The fraction of sp³-hybridized carbons (Fsp3) is 0.600. The van der Waals surface area contributed by atoms with Crippen LogP contribution in [-0.2, 0) is 0 Å². The van der Waals surface area contributed by atoms with Crippen LogP contribution in [0.3, 0.4) is 0 Å². The molecule has 0 amide bonds. The van der Waals surface area contributed by atoms with Crippen molar-refractivity contribution in [2.24, 2.45) is 5.73 Å².